The molecule has 0 bridgehead atoms. The molecule has 0 spiro atoms. The largest absolute Gasteiger partial charge is 0.382 e. The summed E-state index contributed by atoms with van der Waals surface area (Å²) < 4.78 is 37.3. The summed E-state index contributed by atoms with van der Waals surface area (Å²) >= 11 is 0. The maximum Gasteiger partial charge on any atom is 0.365 e. The summed E-state index contributed by atoms with van der Waals surface area (Å²) in [5, 5.41) is 0.427. The quantitative estimate of drug-likeness (QED) is 0.273. The third-order valence-electron chi connectivity index (χ3n) is 4.22. The van der Waals surface area contributed by atoms with Crippen LogP contribution in [0.5, 0.6) is 0 Å². The predicted octanol–water partition coefficient (Wildman–Crippen LogP) is 3.89. The number of hydrogen-bond donors (Lipinski definition) is 1. The zero-order valence-electron chi connectivity index (χ0n) is 18.8. The van der Waals surface area contributed by atoms with E-state index in [0.717, 1.165) is 5.57 Å². The van der Waals surface area contributed by atoms with Crippen LogP contribution in [0.15, 0.2) is 29.3 Å². The van der Waals surface area contributed by atoms with E-state index in [2.05, 4.69) is 20.7 Å². The second kappa shape index (κ2) is 12.1. The van der Waals surface area contributed by atoms with E-state index in [0.29, 0.717) is 48.5 Å². The fraction of sp³-hybridized carbons (Fsp3) is 0.600. The van der Waals surface area contributed by atoms with Gasteiger partial charge in [0.25, 0.3) is 0 Å². The molecular formula is C20H32N5O5P. The summed E-state index contributed by atoms with van der Waals surface area (Å²) in [4.78, 5) is 12.5. The summed E-state index contributed by atoms with van der Waals surface area (Å²) in [6, 6.07) is 0. The molecular weight excluding hydrogens is 421 g/mol. The van der Waals surface area contributed by atoms with E-state index in [9.17, 15) is 4.57 Å². The summed E-state index contributed by atoms with van der Waals surface area (Å²) in [6.07, 6.45) is 2.99. The van der Waals surface area contributed by atoms with E-state index < -0.39 is 7.60 Å². The topological polar surface area (TPSA) is 124 Å². The maximum absolute atomic E-state index is 13.4. The number of rotatable bonds is 13. The van der Waals surface area contributed by atoms with Crippen molar-refractivity contribution in [3.05, 3.63) is 29.3 Å². The van der Waals surface area contributed by atoms with Gasteiger partial charge in [-0.15, -0.1) is 5.73 Å². The molecule has 31 heavy (non-hydrogen) atoms. The van der Waals surface area contributed by atoms with Crippen molar-refractivity contribution in [3.63, 3.8) is 0 Å². The zero-order chi connectivity index (χ0) is 22.9. The van der Waals surface area contributed by atoms with E-state index in [-0.39, 0.29) is 19.5 Å². The Hall–Kier alpha value is -2.06. The van der Waals surface area contributed by atoms with Gasteiger partial charge in [-0.1, -0.05) is 0 Å². The van der Waals surface area contributed by atoms with Crippen molar-refractivity contribution < 1.29 is 23.1 Å². The first-order valence-electron chi connectivity index (χ1n) is 10.3. The Kier molecular flexibility index (Phi) is 9.84. The zero-order valence-corrected chi connectivity index (χ0v) is 19.7. The number of nitrogen functional groups attached to an aromatic ring is 1. The smallest absolute Gasteiger partial charge is 0.365 e. The molecule has 0 aliphatic rings. The van der Waals surface area contributed by atoms with Crippen molar-refractivity contribution in [1.82, 2.24) is 19.5 Å². The van der Waals surface area contributed by atoms with Crippen LogP contribution in [0.4, 0.5) is 5.82 Å². The number of fused-ring (bicyclic) bond motifs is 1. The van der Waals surface area contributed by atoms with Gasteiger partial charge in [-0.3, -0.25) is 4.57 Å². The van der Waals surface area contributed by atoms with Crippen LogP contribution in [-0.4, -0.2) is 52.2 Å². The first-order valence-corrected chi connectivity index (χ1v) is 11.9. The normalized spacial score (nSPS) is 12.7. The van der Waals surface area contributed by atoms with Gasteiger partial charge in [0.15, 0.2) is 17.8 Å². The van der Waals surface area contributed by atoms with Crippen LogP contribution in [0.1, 0.15) is 41.0 Å². The highest BCUT2D eigenvalue weighted by Gasteiger charge is 2.29. The van der Waals surface area contributed by atoms with Crippen LogP contribution in [0.25, 0.3) is 11.2 Å². The second-order valence-electron chi connectivity index (χ2n) is 6.63. The van der Waals surface area contributed by atoms with E-state index in [4.69, 9.17) is 24.3 Å². The Balaban J connectivity index is 2.35. The van der Waals surface area contributed by atoms with Crippen molar-refractivity contribution in [2.75, 3.05) is 32.2 Å². The average Bonchev–Trinajstić information content (AvgIpc) is 3.12. The molecule has 172 valence electrons. The van der Waals surface area contributed by atoms with E-state index in [1.165, 1.54) is 6.33 Å². The molecule has 0 saturated carbocycles. The minimum atomic E-state index is -3.51. The number of nitrogens with two attached hydrogens (primary N) is 1. The summed E-state index contributed by atoms with van der Waals surface area (Å²) in [5.74, 6) is 0.319. The van der Waals surface area contributed by atoms with Crippen molar-refractivity contribution in [3.8, 4) is 0 Å². The Labute approximate surface area is 183 Å². The molecule has 0 aliphatic carbocycles. The standard InChI is InChI=1S/C20H32N5O5P/c1-6-27-16(5)28-10-9-17(31(26,29-7-2)30-8-3)11-15(4)12-25-14-24-18-19(21)22-13-23-20(18)25/h13-14,16H,6-10,12H2,1-5H3,(H2,21,22,23). The Morgan fingerprint density at radius 1 is 1.16 bits per heavy atom. The first kappa shape index (κ1) is 25.2. The predicted molar refractivity (Wildman–Crippen MR) is 118 cm³/mol. The van der Waals surface area contributed by atoms with E-state index in [1.54, 1.807) is 20.2 Å². The van der Waals surface area contributed by atoms with Crippen LogP contribution in [0.3, 0.4) is 0 Å². The number of hydrogen-bond acceptors (Lipinski definition) is 9. The van der Waals surface area contributed by atoms with E-state index in [1.807, 2.05) is 25.3 Å². The summed E-state index contributed by atoms with van der Waals surface area (Å²) in [5.41, 5.74) is 11.0. The SMILES string of the molecule is CCOC(C)OCCC(=C=C(C)Cn1cnc2c(N)ncnc21)P(=O)(OCC)OCC. The number of aromatic nitrogens is 4. The van der Waals surface area contributed by atoms with Gasteiger partial charge in [-0.05, 0) is 40.2 Å². The molecule has 0 fully saturated rings. The average molecular weight is 453 g/mol. The number of nitrogens with zero attached hydrogens (tertiary/aromatic N) is 4. The molecule has 0 aromatic carbocycles. The fourth-order valence-corrected chi connectivity index (χ4v) is 4.72. The molecule has 2 heterocycles. The highest BCUT2D eigenvalue weighted by molar-refractivity contribution is 7.58. The molecule has 1 atom stereocenters. The molecule has 10 nitrogen and oxygen atoms in total. The van der Waals surface area contributed by atoms with Gasteiger partial charge in [0, 0.05) is 13.0 Å². The molecule has 2 rings (SSSR count). The fourth-order valence-electron chi connectivity index (χ4n) is 2.96. The molecule has 0 radical (unpaired) electrons. The third kappa shape index (κ3) is 6.97. The number of anilines is 1. The maximum atomic E-state index is 13.4. The minimum Gasteiger partial charge on any atom is -0.382 e. The molecule has 11 heteroatoms. The van der Waals surface area contributed by atoms with Gasteiger partial charge >= 0.3 is 7.60 Å². The van der Waals surface area contributed by atoms with Crippen molar-refractivity contribution in [2.24, 2.45) is 0 Å². The van der Waals surface area contributed by atoms with Gasteiger partial charge in [0.05, 0.1) is 38.0 Å². The van der Waals surface area contributed by atoms with Crippen molar-refractivity contribution in [2.45, 2.75) is 53.9 Å². The van der Waals surface area contributed by atoms with Crippen LogP contribution < -0.4 is 5.73 Å². The van der Waals surface area contributed by atoms with Gasteiger partial charge in [0.1, 0.15) is 11.8 Å². The lowest BCUT2D eigenvalue weighted by Crippen LogP contribution is -2.14. The molecule has 0 saturated heterocycles. The summed E-state index contributed by atoms with van der Waals surface area (Å²) in [7, 11) is -3.51. The first-order chi connectivity index (χ1) is 14.8. The number of imidazole rings is 1. The Morgan fingerprint density at radius 2 is 1.87 bits per heavy atom. The second-order valence-corrected chi connectivity index (χ2v) is 8.68. The van der Waals surface area contributed by atoms with Crippen LogP contribution >= 0.6 is 7.60 Å². The van der Waals surface area contributed by atoms with Crippen LogP contribution in [0.2, 0.25) is 0 Å². The van der Waals surface area contributed by atoms with Gasteiger partial charge in [0.2, 0.25) is 0 Å². The molecule has 0 aliphatic heterocycles. The van der Waals surface area contributed by atoms with Crippen LogP contribution in [-0.2, 0) is 29.6 Å². The third-order valence-corrected chi connectivity index (χ3v) is 6.41. The van der Waals surface area contributed by atoms with Gasteiger partial charge in [-0.2, -0.15) is 0 Å². The lowest BCUT2D eigenvalue weighted by atomic mass is 10.3. The molecule has 2 aromatic rings. The molecule has 1 unspecified atom stereocenters. The van der Waals surface area contributed by atoms with E-state index >= 15 is 0 Å². The Bertz CT molecular complexity index is 960. The lowest BCUT2D eigenvalue weighted by molar-refractivity contribution is -0.126. The van der Waals surface area contributed by atoms with Crippen LogP contribution in [0, 0.1) is 0 Å². The molecule has 0 amide bonds. The molecule has 2 N–H and O–H groups in total. The minimum absolute atomic E-state index is 0.250. The number of ether oxygens (including phenoxy) is 2. The van der Waals surface area contributed by atoms with Crippen molar-refractivity contribution in [1.29, 1.82) is 0 Å². The highest BCUT2D eigenvalue weighted by Crippen LogP contribution is 2.57. The summed E-state index contributed by atoms with van der Waals surface area (Å²) in [6.45, 7) is 10.9. The highest BCUT2D eigenvalue weighted by atomic mass is 31.2. The lowest BCUT2D eigenvalue weighted by Gasteiger charge is -2.20. The van der Waals surface area contributed by atoms with Crippen molar-refractivity contribution >= 4 is 24.6 Å². The monoisotopic (exact) mass is 453 g/mol. The van der Waals surface area contributed by atoms with Gasteiger partial charge < -0.3 is 28.8 Å². The Morgan fingerprint density at radius 3 is 2.52 bits per heavy atom. The molecule has 2 aromatic heterocycles. The van der Waals surface area contributed by atoms with Gasteiger partial charge in [-0.25, -0.2) is 15.0 Å².